The number of carboxylic acid groups (broad SMARTS) is 1. The number of nitrogens with one attached hydrogen (secondary N) is 1. The molecule has 122 valence electrons. The Bertz CT molecular complexity index is 491. The minimum Gasteiger partial charge on any atom is -0.481 e. The number of hydrogen-bond donors (Lipinski definition) is 2. The Morgan fingerprint density at radius 1 is 1.32 bits per heavy atom. The van der Waals surface area contributed by atoms with Crippen LogP contribution in [0.15, 0.2) is 29.2 Å². The van der Waals surface area contributed by atoms with Gasteiger partial charge in [-0.05, 0) is 37.4 Å². The summed E-state index contributed by atoms with van der Waals surface area (Å²) in [5, 5.41) is 11.5. The number of amides is 1. The molecule has 2 atom stereocenters. The molecule has 0 aromatic heterocycles. The van der Waals surface area contributed by atoms with E-state index in [0.29, 0.717) is 5.75 Å². The Morgan fingerprint density at radius 2 is 1.95 bits per heavy atom. The van der Waals surface area contributed by atoms with Gasteiger partial charge in [-0.25, -0.2) is 4.79 Å². The maximum absolute atomic E-state index is 12.0. The molecule has 1 rings (SSSR count). The fourth-order valence-corrected chi connectivity index (χ4v) is 2.10. The summed E-state index contributed by atoms with van der Waals surface area (Å²) in [5.74, 6) is -1.01. The largest absolute Gasteiger partial charge is 0.481 e. The molecule has 1 aromatic rings. The Kier molecular flexibility index (Phi) is 7.76. The van der Waals surface area contributed by atoms with Crippen molar-refractivity contribution in [3.8, 4) is 5.75 Å². The highest BCUT2D eigenvalue weighted by Gasteiger charge is 2.23. The highest BCUT2D eigenvalue weighted by Crippen LogP contribution is 2.19. The lowest BCUT2D eigenvalue weighted by Gasteiger charge is -2.18. The van der Waals surface area contributed by atoms with Gasteiger partial charge in [-0.2, -0.15) is 0 Å². The number of thioether (sulfide) groups is 1. The Morgan fingerprint density at radius 3 is 2.45 bits per heavy atom. The first kappa shape index (κ1) is 18.3. The third-order valence-electron chi connectivity index (χ3n) is 2.97. The maximum Gasteiger partial charge on any atom is 0.326 e. The van der Waals surface area contributed by atoms with Gasteiger partial charge < -0.3 is 19.9 Å². The maximum atomic E-state index is 12.0. The highest BCUT2D eigenvalue weighted by molar-refractivity contribution is 7.98. The zero-order valence-corrected chi connectivity index (χ0v) is 13.7. The monoisotopic (exact) mass is 327 g/mol. The molecule has 1 amide bonds. The average molecular weight is 327 g/mol. The van der Waals surface area contributed by atoms with Crippen molar-refractivity contribution in [2.45, 2.75) is 30.4 Å². The molecule has 0 heterocycles. The number of aliphatic carboxylic acids is 1. The molecule has 0 radical (unpaired) electrons. The van der Waals surface area contributed by atoms with Crippen molar-refractivity contribution in [2.24, 2.45) is 0 Å². The van der Waals surface area contributed by atoms with Crippen molar-refractivity contribution in [2.75, 3.05) is 20.0 Å². The van der Waals surface area contributed by atoms with Gasteiger partial charge >= 0.3 is 5.97 Å². The summed E-state index contributed by atoms with van der Waals surface area (Å²) >= 11 is 1.61. The molecule has 0 aliphatic rings. The van der Waals surface area contributed by atoms with E-state index in [2.05, 4.69) is 5.32 Å². The molecule has 2 unspecified atom stereocenters. The van der Waals surface area contributed by atoms with E-state index in [4.69, 9.17) is 14.6 Å². The van der Waals surface area contributed by atoms with Gasteiger partial charge in [0.1, 0.15) is 11.8 Å². The number of carboxylic acids is 1. The lowest BCUT2D eigenvalue weighted by atomic mass is 10.2. The average Bonchev–Trinajstić information content (AvgIpc) is 2.51. The predicted molar refractivity (Wildman–Crippen MR) is 84.4 cm³/mol. The number of methoxy groups -OCH3 is 1. The fourth-order valence-electron chi connectivity index (χ4n) is 1.69. The van der Waals surface area contributed by atoms with Crippen LogP contribution in [0.1, 0.15) is 13.3 Å². The zero-order valence-electron chi connectivity index (χ0n) is 12.9. The molecule has 1 aromatic carbocycles. The summed E-state index contributed by atoms with van der Waals surface area (Å²) in [7, 11) is 1.48. The van der Waals surface area contributed by atoms with Crippen molar-refractivity contribution < 1.29 is 24.2 Å². The second-order valence-corrected chi connectivity index (χ2v) is 5.50. The molecule has 0 fully saturated rings. The minimum absolute atomic E-state index is 0.201. The van der Waals surface area contributed by atoms with E-state index in [1.807, 2.05) is 18.4 Å². The number of hydrogen-bond acceptors (Lipinski definition) is 5. The molecular weight excluding hydrogens is 306 g/mol. The van der Waals surface area contributed by atoms with Crippen LogP contribution in [0, 0.1) is 0 Å². The van der Waals surface area contributed by atoms with E-state index in [0.717, 1.165) is 4.90 Å². The van der Waals surface area contributed by atoms with Gasteiger partial charge in [0.05, 0.1) is 0 Å². The third-order valence-corrected chi connectivity index (χ3v) is 3.71. The van der Waals surface area contributed by atoms with E-state index in [-0.39, 0.29) is 13.0 Å². The Balaban J connectivity index is 2.57. The zero-order chi connectivity index (χ0) is 16.5. The van der Waals surface area contributed by atoms with Crippen molar-refractivity contribution in [1.29, 1.82) is 0 Å². The molecule has 2 N–H and O–H groups in total. The molecule has 22 heavy (non-hydrogen) atoms. The molecule has 0 aliphatic heterocycles. The highest BCUT2D eigenvalue weighted by atomic mass is 32.2. The van der Waals surface area contributed by atoms with Crippen LogP contribution in [-0.4, -0.2) is 49.1 Å². The first-order valence-electron chi connectivity index (χ1n) is 6.80. The standard InChI is InChI=1S/C15H21NO5S/c1-10(21-11-4-6-12(22-3)7-5-11)14(17)16-13(15(18)19)8-9-20-2/h4-7,10,13H,8-9H2,1-3H3,(H,16,17)(H,18,19). The molecule has 0 saturated heterocycles. The first-order valence-corrected chi connectivity index (χ1v) is 8.03. The van der Waals surface area contributed by atoms with Crippen molar-refractivity contribution in [1.82, 2.24) is 5.32 Å². The second-order valence-electron chi connectivity index (χ2n) is 4.62. The van der Waals surface area contributed by atoms with Crippen LogP contribution in [0.25, 0.3) is 0 Å². The molecule has 0 bridgehead atoms. The van der Waals surface area contributed by atoms with Gasteiger partial charge in [0.25, 0.3) is 5.91 Å². The smallest absolute Gasteiger partial charge is 0.326 e. The molecule has 7 heteroatoms. The lowest BCUT2D eigenvalue weighted by molar-refractivity contribution is -0.143. The van der Waals surface area contributed by atoms with Gasteiger partial charge in [0.2, 0.25) is 0 Å². The number of ether oxygens (including phenoxy) is 2. The van der Waals surface area contributed by atoms with E-state index >= 15 is 0 Å². The van der Waals surface area contributed by atoms with E-state index in [1.165, 1.54) is 7.11 Å². The number of benzene rings is 1. The minimum atomic E-state index is -1.10. The summed E-state index contributed by atoms with van der Waals surface area (Å²) in [6, 6.07) is 6.34. The first-order chi connectivity index (χ1) is 10.5. The van der Waals surface area contributed by atoms with Crippen LogP contribution in [0.4, 0.5) is 0 Å². The van der Waals surface area contributed by atoms with E-state index in [1.54, 1.807) is 30.8 Å². The Hall–Kier alpha value is -1.73. The van der Waals surface area contributed by atoms with Crippen LogP contribution in [0.5, 0.6) is 5.75 Å². The third kappa shape index (κ3) is 5.95. The fraction of sp³-hybridized carbons (Fsp3) is 0.467. The summed E-state index contributed by atoms with van der Waals surface area (Å²) in [4.78, 5) is 24.2. The molecule has 0 aliphatic carbocycles. The lowest BCUT2D eigenvalue weighted by Crippen LogP contribution is -2.46. The summed E-state index contributed by atoms with van der Waals surface area (Å²) < 4.78 is 10.3. The Labute approximate surface area is 134 Å². The van der Waals surface area contributed by atoms with Gasteiger partial charge in [-0.1, -0.05) is 0 Å². The van der Waals surface area contributed by atoms with Crippen molar-refractivity contribution in [3.63, 3.8) is 0 Å². The number of carbonyl (C=O) groups excluding carboxylic acids is 1. The SMILES string of the molecule is COCCC(NC(=O)C(C)Oc1ccc(SC)cc1)C(=O)O. The van der Waals surface area contributed by atoms with Crippen molar-refractivity contribution >= 4 is 23.6 Å². The second kappa shape index (κ2) is 9.32. The van der Waals surface area contributed by atoms with Crippen LogP contribution < -0.4 is 10.1 Å². The quantitative estimate of drug-likeness (QED) is 0.673. The normalized spacial score (nSPS) is 13.2. The van der Waals surface area contributed by atoms with Gasteiger partial charge in [0, 0.05) is 25.0 Å². The van der Waals surface area contributed by atoms with Crippen LogP contribution in [0.2, 0.25) is 0 Å². The van der Waals surface area contributed by atoms with Gasteiger partial charge in [0.15, 0.2) is 6.10 Å². The molecule has 6 nitrogen and oxygen atoms in total. The van der Waals surface area contributed by atoms with Gasteiger partial charge in [-0.15, -0.1) is 11.8 Å². The summed E-state index contributed by atoms with van der Waals surface area (Å²) in [6.07, 6.45) is 1.38. The van der Waals surface area contributed by atoms with Crippen molar-refractivity contribution in [3.05, 3.63) is 24.3 Å². The van der Waals surface area contributed by atoms with Crippen LogP contribution >= 0.6 is 11.8 Å². The van der Waals surface area contributed by atoms with Gasteiger partial charge in [-0.3, -0.25) is 4.79 Å². The topological polar surface area (TPSA) is 84.9 Å². The summed E-state index contributed by atoms with van der Waals surface area (Å²) in [6.45, 7) is 1.83. The van der Waals surface area contributed by atoms with Crippen LogP contribution in [0.3, 0.4) is 0 Å². The van der Waals surface area contributed by atoms with E-state index in [9.17, 15) is 9.59 Å². The molecule has 0 spiro atoms. The predicted octanol–water partition coefficient (Wildman–Crippen LogP) is 1.78. The van der Waals surface area contributed by atoms with E-state index < -0.39 is 24.0 Å². The molecule has 0 saturated carbocycles. The number of carbonyl (C=O) groups is 2. The summed E-state index contributed by atoms with van der Waals surface area (Å²) in [5.41, 5.74) is 0. The molecular formula is C15H21NO5S. The van der Waals surface area contributed by atoms with Crippen LogP contribution in [-0.2, 0) is 14.3 Å². The number of rotatable bonds is 9.